The van der Waals surface area contributed by atoms with Crippen molar-refractivity contribution in [3.8, 4) is 0 Å². The van der Waals surface area contributed by atoms with Gasteiger partial charge in [0, 0.05) is 18.8 Å². The SMILES string of the molecule is O=C(NC[C@@H]1CCCO1)Nc1ccc(Cl)c(Cl)c1. The van der Waals surface area contributed by atoms with Gasteiger partial charge < -0.3 is 15.4 Å². The number of rotatable bonds is 3. The topological polar surface area (TPSA) is 50.4 Å². The number of ether oxygens (including phenoxy) is 1. The summed E-state index contributed by atoms with van der Waals surface area (Å²) in [5, 5.41) is 6.31. The third-order valence-electron chi connectivity index (χ3n) is 2.69. The smallest absolute Gasteiger partial charge is 0.319 e. The molecular weight excluding hydrogens is 275 g/mol. The van der Waals surface area contributed by atoms with Crippen molar-refractivity contribution in [3.05, 3.63) is 28.2 Å². The number of amides is 2. The number of hydrogen-bond acceptors (Lipinski definition) is 2. The first kappa shape index (κ1) is 13.5. The molecular formula is C12H14Cl2N2O2. The van der Waals surface area contributed by atoms with Crippen molar-refractivity contribution in [2.24, 2.45) is 0 Å². The number of urea groups is 1. The molecule has 4 nitrogen and oxygen atoms in total. The highest BCUT2D eigenvalue weighted by atomic mass is 35.5. The maximum Gasteiger partial charge on any atom is 0.319 e. The lowest BCUT2D eigenvalue weighted by Crippen LogP contribution is -2.35. The zero-order valence-electron chi connectivity index (χ0n) is 9.71. The number of halogens is 2. The molecule has 98 valence electrons. The molecule has 0 saturated carbocycles. The quantitative estimate of drug-likeness (QED) is 0.897. The average Bonchev–Trinajstić information content (AvgIpc) is 2.84. The standard InChI is InChI=1S/C12H14Cl2N2O2/c13-10-4-3-8(6-11(10)14)16-12(17)15-7-9-2-1-5-18-9/h3-4,6,9H,1-2,5,7H2,(H2,15,16,17)/t9-/m0/s1. The van der Waals surface area contributed by atoms with E-state index in [9.17, 15) is 4.79 Å². The normalized spacial score (nSPS) is 18.7. The highest BCUT2D eigenvalue weighted by molar-refractivity contribution is 6.42. The van der Waals surface area contributed by atoms with Crippen molar-refractivity contribution in [3.63, 3.8) is 0 Å². The summed E-state index contributed by atoms with van der Waals surface area (Å²) in [6, 6.07) is 4.67. The number of carbonyl (C=O) groups is 1. The Balaban J connectivity index is 1.80. The largest absolute Gasteiger partial charge is 0.376 e. The zero-order chi connectivity index (χ0) is 13.0. The van der Waals surface area contributed by atoms with Gasteiger partial charge in [-0.3, -0.25) is 0 Å². The molecule has 2 amide bonds. The Kier molecular flexibility index (Phi) is 4.69. The molecule has 1 fully saturated rings. The monoisotopic (exact) mass is 288 g/mol. The lowest BCUT2D eigenvalue weighted by molar-refractivity contribution is 0.112. The van der Waals surface area contributed by atoms with E-state index in [-0.39, 0.29) is 12.1 Å². The predicted octanol–water partition coefficient (Wildman–Crippen LogP) is 3.29. The van der Waals surface area contributed by atoms with E-state index in [1.165, 1.54) is 0 Å². The fourth-order valence-electron chi connectivity index (χ4n) is 1.76. The minimum Gasteiger partial charge on any atom is -0.376 e. The third kappa shape index (κ3) is 3.77. The van der Waals surface area contributed by atoms with Crippen LogP contribution in [-0.4, -0.2) is 25.3 Å². The summed E-state index contributed by atoms with van der Waals surface area (Å²) in [6.45, 7) is 1.30. The molecule has 1 atom stereocenters. The maximum atomic E-state index is 11.6. The fraction of sp³-hybridized carbons (Fsp3) is 0.417. The van der Waals surface area contributed by atoms with Crippen molar-refractivity contribution in [2.75, 3.05) is 18.5 Å². The van der Waals surface area contributed by atoms with Crippen molar-refractivity contribution >= 4 is 34.9 Å². The summed E-state index contributed by atoms with van der Waals surface area (Å²) in [4.78, 5) is 11.6. The van der Waals surface area contributed by atoms with Crippen molar-refractivity contribution < 1.29 is 9.53 Å². The summed E-state index contributed by atoms with van der Waals surface area (Å²) < 4.78 is 5.41. The first-order chi connectivity index (χ1) is 8.65. The van der Waals surface area contributed by atoms with Crippen LogP contribution in [0.3, 0.4) is 0 Å². The second-order valence-corrected chi connectivity index (χ2v) is 4.91. The van der Waals surface area contributed by atoms with Crippen LogP contribution in [0.25, 0.3) is 0 Å². The summed E-state index contributed by atoms with van der Waals surface area (Å²) in [5.74, 6) is 0. The van der Waals surface area contributed by atoms with Crippen LogP contribution in [0, 0.1) is 0 Å². The van der Waals surface area contributed by atoms with Crippen LogP contribution in [-0.2, 0) is 4.74 Å². The predicted molar refractivity (Wildman–Crippen MR) is 72.5 cm³/mol. The van der Waals surface area contributed by atoms with Crippen molar-refractivity contribution in [1.29, 1.82) is 0 Å². The summed E-state index contributed by atoms with van der Waals surface area (Å²) >= 11 is 11.6. The fourth-order valence-corrected chi connectivity index (χ4v) is 2.06. The van der Waals surface area contributed by atoms with Crippen molar-refractivity contribution in [2.45, 2.75) is 18.9 Å². The third-order valence-corrected chi connectivity index (χ3v) is 3.43. The van der Waals surface area contributed by atoms with E-state index in [1.54, 1.807) is 18.2 Å². The minimum atomic E-state index is -0.274. The van der Waals surface area contributed by atoms with Gasteiger partial charge in [-0.15, -0.1) is 0 Å². The van der Waals surface area contributed by atoms with E-state index in [0.717, 1.165) is 19.4 Å². The Hall–Kier alpha value is -0.970. The minimum absolute atomic E-state index is 0.129. The summed E-state index contributed by atoms with van der Waals surface area (Å²) in [5.41, 5.74) is 0.606. The molecule has 1 aliphatic rings. The molecule has 1 aromatic carbocycles. The van der Waals surface area contributed by atoms with Crippen LogP contribution in [0.15, 0.2) is 18.2 Å². The van der Waals surface area contributed by atoms with Gasteiger partial charge in [0.25, 0.3) is 0 Å². The van der Waals surface area contributed by atoms with E-state index in [4.69, 9.17) is 27.9 Å². The molecule has 1 heterocycles. The van der Waals surface area contributed by atoms with Crippen LogP contribution in [0.1, 0.15) is 12.8 Å². The van der Waals surface area contributed by atoms with Crippen molar-refractivity contribution in [1.82, 2.24) is 5.32 Å². The Morgan fingerprint density at radius 1 is 1.39 bits per heavy atom. The van der Waals surface area contributed by atoms with E-state index >= 15 is 0 Å². The van der Waals surface area contributed by atoms with Gasteiger partial charge in [-0.2, -0.15) is 0 Å². The van der Waals surface area contributed by atoms with Gasteiger partial charge in [-0.25, -0.2) is 4.79 Å². The van der Waals surface area contributed by atoms with E-state index < -0.39 is 0 Å². The first-order valence-electron chi connectivity index (χ1n) is 5.76. The van der Waals surface area contributed by atoms with Gasteiger partial charge >= 0.3 is 6.03 Å². The molecule has 18 heavy (non-hydrogen) atoms. The molecule has 1 saturated heterocycles. The Bertz CT molecular complexity index is 434. The molecule has 0 spiro atoms. The molecule has 6 heteroatoms. The Labute approximate surface area is 116 Å². The average molecular weight is 289 g/mol. The second kappa shape index (κ2) is 6.27. The van der Waals surface area contributed by atoms with E-state index in [2.05, 4.69) is 10.6 Å². The van der Waals surface area contributed by atoms with Gasteiger partial charge in [-0.1, -0.05) is 23.2 Å². The van der Waals surface area contributed by atoms with Gasteiger partial charge in [0.05, 0.1) is 16.1 Å². The van der Waals surface area contributed by atoms with Gasteiger partial charge in [-0.05, 0) is 31.0 Å². The first-order valence-corrected chi connectivity index (χ1v) is 6.52. The summed E-state index contributed by atoms with van der Waals surface area (Å²) in [7, 11) is 0. The number of nitrogens with one attached hydrogen (secondary N) is 2. The number of carbonyl (C=O) groups excluding carboxylic acids is 1. The lowest BCUT2D eigenvalue weighted by atomic mass is 10.2. The van der Waals surface area contributed by atoms with E-state index in [1.807, 2.05) is 0 Å². The second-order valence-electron chi connectivity index (χ2n) is 4.10. The van der Waals surface area contributed by atoms with Crippen LogP contribution >= 0.6 is 23.2 Å². The van der Waals surface area contributed by atoms with Crippen LogP contribution in [0.2, 0.25) is 10.0 Å². The molecule has 2 N–H and O–H groups in total. The van der Waals surface area contributed by atoms with Gasteiger partial charge in [0.1, 0.15) is 0 Å². The maximum absolute atomic E-state index is 11.6. The highest BCUT2D eigenvalue weighted by Crippen LogP contribution is 2.24. The van der Waals surface area contributed by atoms with Gasteiger partial charge in [0.2, 0.25) is 0 Å². The van der Waals surface area contributed by atoms with E-state index in [0.29, 0.717) is 22.3 Å². The zero-order valence-corrected chi connectivity index (χ0v) is 11.2. The summed E-state index contributed by atoms with van der Waals surface area (Å²) in [6.07, 6.45) is 2.18. The highest BCUT2D eigenvalue weighted by Gasteiger charge is 2.16. The molecule has 0 aromatic heterocycles. The molecule has 0 unspecified atom stereocenters. The number of hydrogen-bond donors (Lipinski definition) is 2. The number of benzene rings is 1. The van der Waals surface area contributed by atoms with Crippen LogP contribution in [0.5, 0.6) is 0 Å². The molecule has 1 aromatic rings. The molecule has 0 radical (unpaired) electrons. The van der Waals surface area contributed by atoms with Crippen LogP contribution < -0.4 is 10.6 Å². The Morgan fingerprint density at radius 3 is 2.89 bits per heavy atom. The Morgan fingerprint density at radius 2 is 2.22 bits per heavy atom. The molecule has 1 aliphatic heterocycles. The molecule has 0 aliphatic carbocycles. The van der Waals surface area contributed by atoms with Gasteiger partial charge in [0.15, 0.2) is 0 Å². The lowest BCUT2D eigenvalue weighted by Gasteiger charge is -2.12. The van der Waals surface area contributed by atoms with Crippen LogP contribution in [0.4, 0.5) is 10.5 Å². The molecule has 0 bridgehead atoms. The number of anilines is 1. The molecule has 2 rings (SSSR count).